The average Bonchev–Trinajstić information content (AvgIpc) is 2.26. The van der Waals surface area contributed by atoms with Gasteiger partial charge in [-0.2, -0.15) is 0 Å². The highest BCUT2D eigenvalue weighted by molar-refractivity contribution is 6.46. The van der Waals surface area contributed by atoms with Crippen LogP contribution < -0.4 is 5.19 Å². The SMILES string of the molecule is CCC(CC)=NO[Si]c1ccccc1. The lowest BCUT2D eigenvalue weighted by Crippen LogP contribution is -2.15. The Labute approximate surface area is 87.9 Å². The van der Waals surface area contributed by atoms with E-state index in [4.69, 9.17) is 4.53 Å². The van der Waals surface area contributed by atoms with E-state index >= 15 is 0 Å². The smallest absolute Gasteiger partial charge is 0.393 e. The molecule has 2 radical (unpaired) electrons. The molecule has 0 amide bonds. The lowest BCUT2D eigenvalue weighted by molar-refractivity contribution is 0.366. The highest BCUT2D eigenvalue weighted by Gasteiger charge is 1.96. The molecular formula is C11H15NOSi. The predicted octanol–water partition coefficient (Wildman–Crippen LogP) is 2.12. The molecule has 2 nitrogen and oxygen atoms in total. The second-order valence-corrected chi connectivity index (χ2v) is 3.89. The maximum atomic E-state index is 5.28. The van der Waals surface area contributed by atoms with Crippen LogP contribution in [0.15, 0.2) is 35.5 Å². The van der Waals surface area contributed by atoms with Crippen LogP contribution in [0.5, 0.6) is 0 Å². The monoisotopic (exact) mass is 205 g/mol. The minimum atomic E-state index is 0.316. The molecule has 3 heteroatoms. The fourth-order valence-corrected chi connectivity index (χ4v) is 1.63. The van der Waals surface area contributed by atoms with E-state index in [0.29, 0.717) is 9.76 Å². The number of hydrogen-bond acceptors (Lipinski definition) is 2. The Balaban J connectivity index is 2.38. The van der Waals surface area contributed by atoms with Gasteiger partial charge in [0.25, 0.3) is 0 Å². The zero-order valence-electron chi connectivity index (χ0n) is 8.66. The van der Waals surface area contributed by atoms with E-state index in [1.165, 1.54) is 5.19 Å². The first-order chi connectivity index (χ1) is 6.86. The molecule has 74 valence electrons. The molecule has 1 aromatic rings. The maximum Gasteiger partial charge on any atom is 0.393 e. The van der Waals surface area contributed by atoms with Crippen LogP contribution in [0.1, 0.15) is 26.7 Å². The fraction of sp³-hybridized carbons (Fsp3) is 0.364. The average molecular weight is 205 g/mol. The zero-order chi connectivity index (χ0) is 10.2. The van der Waals surface area contributed by atoms with Gasteiger partial charge < -0.3 is 4.53 Å². The van der Waals surface area contributed by atoms with Gasteiger partial charge in [-0.15, -0.1) is 5.16 Å². The van der Waals surface area contributed by atoms with E-state index in [9.17, 15) is 0 Å². The fourth-order valence-electron chi connectivity index (χ4n) is 1.03. The molecule has 0 aliphatic carbocycles. The van der Waals surface area contributed by atoms with Gasteiger partial charge in [0.1, 0.15) is 0 Å². The lowest BCUT2D eigenvalue weighted by Gasteiger charge is -2.00. The second kappa shape index (κ2) is 6.37. The van der Waals surface area contributed by atoms with Crippen molar-refractivity contribution in [3.05, 3.63) is 30.3 Å². The predicted molar refractivity (Wildman–Crippen MR) is 60.9 cm³/mol. The Morgan fingerprint density at radius 2 is 1.86 bits per heavy atom. The van der Waals surface area contributed by atoms with Gasteiger partial charge in [0, 0.05) is 0 Å². The molecule has 0 saturated heterocycles. The third kappa shape index (κ3) is 3.74. The summed E-state index contributed by atoms with van der Waals surface area (Å²) in [7, 11) is 0.316. The van der Waals surface area contributed by atoms with E-state index in [0.717, 1.165) is 18.6 Å². The van der Waals surface area contributed by atoms with Crippen molar-refractivity contribution in [1.82, 2.24) is 0 Å². The van der Waals surface area contributed by atoms with Crippen molar-refractivity contribution >= 4 is 20.7 Å². The largest absolute Gasteiger partial charge is 0.448 e. The van der Waals surface area contributed by atoms with Crippen molar-refractivity contribution < 1.29 is 4.53 Å². The number of rotatable bonds is 5. The van der Waals surface area contributed by atoms with E-state index in [-0.39, 0.29) is 0 Å². The van der Waals surface area contributed by atoms with Crippen LogP contribution in [0, 0.1) is 0 Å². The van der Waals surface area contributed by atoms with Gasteiger partial charge in [-0.25, -0.2) is 0 Å². The molecule has 0 N–H and O–H groups in total. The second-order valence-electron chi connectivity index (χ2n) is 2.92. The molecule has 1 aromatic carbocycles. The standard InChI is InChI=1S/C11H15NOSi/c1-3-10(4-2)12-13-14-11-8-6-5-7-9-11/h5-9H,3-4H2,1-2H3. The van der Waals surface area contributed by atoms with E-state index in [1.54, 1.807) is 0 Å². The molecule has 14 heavy (non-hydrogen) atoms. The highest BCUT2D eigenvalue weighted by atomic mass is 28.2. The Morgan fingerprint density at radius 3 is 2.43 bits per heavy atom. The minimum Gasteiger partial charge on any atom is -0.448 e. The summed E-state index contributed by atoms with van der Waals surface area (Å²) in [5.74, 6) is 0. The van der Waals surface area contributed by atoms with Crippen molar-refractivity contribution in [2.75, 3.05) is 0 Å². The van der Waals surface area contributed by atoms with Crippen molar-refractivity contribution in [2.24, 2.45) is 5.16 Å². The molecule has 1 rings (SSSR count). The van der Waals surface area contributed by atoms with Gasteiger partial charge in [0.15, 0.2) is 0 Å². The van der Waals surface area contributed by atoms with Crippen LogP contribution >= 0.6 is 0 Å². The van der Waals surface area contributed by atoms with E-state index in [1.807, 2.05) is 30.3 Å². The van der Waals surface area contributed by atoms with Crippen LogP contribution in [0.2, 0.25) is 0 Å². The normalized spacial score (nSPS) is 9.57. The van der Waals surface area contributed by atoms with Crippen LogP contribution in [0.25, 0.3) is 0 Å². The summed E-state index contributed by atoms with van der Waals surface area (Å²) < 4.78 is 5.28. The Bertz CT molecular complexity index is 279. The number of hydrogen-bond donors (Lipinski definition) is 0. The molecule has 0 saturated carbocycles. The van der Waals surface area contributed by atoms with Crippen molar-refractivity contribution in [2.45, 2.75) is 26.7 Å². The van der Waals surface area contributed by atoms with Gasteiger partial charge in [-0.3, -0.25) is 0 Å². The summed E-state index contributed by atoms with van der Waals surface area (Å²) in [5.41, 5.74) is 1.12. The van der Waals surface area contributed by atoms with Crippen molar-refractivity contribution in [3.8, 4) is 0 Å². The maximum absolute atomic E-state index is 5.28. The van der Waals surface area contributed by atoms with Crippen molar-refractivity contribution in [3.63, 3.8) is 0 Å². The quantitative estimate of drug-likeness (QED) is 0.410. The first kappa shape index (κ1) is 11.0. The summed E-state index contributed by atoms with van der Waals surface area (Å²) in [6, 6.07) is 10.1. The van der Waals surface area contributed by atoms with Gasteiger partial charge in [-0.1, -0.05) is 44.2 Å². The Morgan fingerprint density at radius 1 is 1.21 bits per heavy atom. The Kier molecular flexibility index (Phi) is 5.00. The Hall–Kier alpha value is -1.09. The van der Waals surface area contributed by atoms with Crippen molar-refractivity contribution in [1.29, 1.82) is 0 Å². The molecular weight excluding hydrogens is 190 g/mol. The molecule has 0 aromatic heterocycles. The summed E-state index contributed by atoms with van der Waals surface area (Å²) in [6.45, 7) is 4.19. The van der Waals surface area contributed by atoms with Gasteiger partial charge in [0.05, 0.1) is 5.71 Å². The summed E-state index contributed by atoms with van der Waals surface area (Å²) >= 11 is 0. The molecule has 0 aliphatic heterocycles. The highest BCUT2D eigenvalue weighted by Crippen LogP contribution is 1.92. The molecule has 0 aliphatic rings. The van der Waals surface area contributed by atoms with E-state index < -0.39 is 0 Å². The molecule has 0 fully saturated rings. The lowest BCUT2D eigenvalue weighted by atomic mass is 10.2. The van der Waals surface area contributed by atoms with Crippen LogP contribution in [0.4, 0.5) is 0 Å². The molecule has 0 bridgehead atoms. The zero-order valence-corrected chi connectivity index (χ0v) is 9.66. The molecule has 0 heterocycles. The van der Waals surface area contributed by atoms with Crippen LogP contribution in [-0.4, -0.2) is 15.5 Å². The topological polar surface area (TPSA) is 21.6 Å². The minimum absolute atomic E-state index is 0.316. The third-order valence-corrected chi connectivity index (χ3v) is 2.68. The third-order valence-electron chi connectivity index (χ3n) is 1.93. The van der Waals surface area contributed by atoms with Crippen LogP contribution in [-0.2, 0) is 4.53 Å². The summed E-state index contributed by atoms with van der Waals surface area (Å²) in [5, 5.41) is 5.27. The van der Waals surface area contributed by atoms with Gasteiger partial charge >= 0.3 is 9.76 Å². The first-order valence-electron chi connectivity index (χ1n) is 4.89. The van der Waals surface area contributed by atoms with E-state index in [2.05, 4.69) is 19.0 Å². The first-order valence-corrected chi connectivity index (χ1v) is 5.80. The molecule has 0 unspecified atom stereocenters. The van der Waals surface area contributed by atoms with Crippen LogP contribution in [0.3, 0.4) is 0 Å². The number of benzene rings is 1. The summed E-state index contributed by atoms with van der Waals surface area (Å²) in [6.07, 6.45) is 1.94. The van der Waals surface area contributed by atoms with Gasteiger partial charge in [-0.05, 0) is 18.0 Å². The molecule has 0 spiro atoms. The van der Waals surface area contributed by atoms with Gasteiger partial charge in [0.2, 0.25) is 0 Å². The number of nitrogens with zero attached hydrogens (tertiary/aromatic N) is 1. The number of oxime groups is 1. The molecule has 0 atom stereocenters. The summed E-state index contributed by atoms with van der Waals surface area (Å²) in [4.78, 5) is 0.